The van der Waals surface area contributed by atoms with E-state index in [0.717, 1.165) is 18.2 Å². The van der Waals surface area contributed by atoms with Gasteiger partial charge in [-0.05, 0) is 18.2 Å². The van der Waals surface area contributed by atoms with Crippen LogP contribution in [0.2, 0.25) is 0 Å². The molecule has 0 aliphatic carbocycles. The van der Waals surface area contributed by atoms with Gasteiger partial charge < -0.3 is 9.84 Å². The molecule has 0 amide bonds. The summed E-state index contributed by atoms with van der Waals surface area (Å²) >= 11 is 0. The molecule has 1 aromatic heterocycles. The number of carboxylic acids is 1. The van der Waals surface area contributed by atoms with E-state index in [1.54, 1.807) is 7.05 Å². The van der Waals surface area contributed by atoms with Gasteiger partial charge in [0.2, 0.25) is 0 Å². The maximum Gasteiger partial charge on any atom is 0.341 e. The molecule has 0 aliphatic heterocycles. The molecule has 0 radical (unpaired) electrons. The standard InChI is InChI=1S/C11H11FN4O5S/c1-16-5-10(13-15-16)14-22(19,20)7-2-3-9(8(12)4-7)21-6-11(17)18/h2-5,14H,6H2,1H3,(H,17,18). The van der Waals surface area contributed by atoms with E-state index in [-0.39, 0.29) is 16.5 Å². The quantitative estimate of drug-likeness (QED) is 0.776. The lowest BCUT2D eigenvalue weighted by Crippen LogP contribution is -2.14. The first-order valence-corrected chi connectivity index (χ1v) is 7.29. The molecular weight excluding hydrogens is 319 g/mol. The van der Waals surface area contributed by atoms with Gasteiger partial charge in [0.1, 0.15) is 0 Å². The summed E-state index contributed by atoms with van der Waals surface area (Å²) in [7, 11) is -2.49. The number of hydrogen-bond acceptors (Lipinski definition) is 6. The maximum absolute atomic E-state index is 13.7. The van der Waals surface area contributed by atoms with Crippen LogP contribution in [0.25, 0.3) is 0 Å². The Kier molecular flexibility index (Phi) is 4.26. The van der Waals surface area contributed by atoms with Gasteiger partial charge in [-0.2, -0.15) is 0 Å². The zero-order chi connectivity index (χ0) is 16.3. The van der Waals surface area contributed by atoms with E-state index in [2.05, 4.69) is 19.8 Å². The van der Waals surface area contributed by atoms with E-state index in [1.165, 1.54) is 10.9 Å². The highest BCUT2D eigenvalue weighted by Gasteiger charge is 2.18. The van der Waals surface area contributed by atoms with Crippen LogP contribution in [0.4, 0.5) is 10.2 Å². The van der Waals surface area contributed by atoms with Crippen molar-refractivity contribution in [3.05, 3.63) is 30.2 Å². The van der Waals surface area contributed by atoms with Gasteiger partial charge in [-0.15, -0.1) is 5.10 Å². The Labute approximate surface area is 124 Å². The van der Waals surface area contributed by atoms with E-state index in [4.69, 9.17) is 5.11 Å². The van der Waals surface area contributed by atoms with Crippen molar-refractivity contribution in [3.63, 3.8) is 0 Å². The second kappa shape index (κ2) is 5.97. The topological polar surface area (TPSA) is 123 Å². The summed E-state index contributed by atoms with van der Waals surface area (Å²) in [5, 5.41) is 15.6. The second-order valence-corrected chi connectivity index (χ2v) is 5.84. The smallest absolute Gasteiger partial charge is 0.341 e. The number of hydrogen-bond donors (Lipinski definition) is 2. The average Bonchev–Trinajstić information content (AvgIpc) is 2.81. The molecule has 0 saturated carbocycles. The minimum Gasteiger partial charge on any atom is -0.479 e. The number of benzene rings is 1. The van der Waals surface area contributed by atoms with Gasteiger partial charge in [0.25, 0.3) is 10.0 Å². The number of aromatic nitrogens is 3. The minimum atomic E-state index is -4.05. The number of aliphatic carboxylic acids is 1. The molecule has 0 spiro atoms. The first-order chi connectivity index (χ1) is 10.3. The summed E-state index contributed by atoms with van der Waals surface area (Å²) in [6.07, 6.45) is 1.33. The molecule has 2 rings (SSSR count). The number of ether oxygens (including phenoxy) is 1. The first kappa shape index (κ1) is 15.7. The molecule has 22 heavy (non-hydrogen) atoms. The predicted octanol–water partition coefficient (Wildman–Crippen LogP) is 0.218. The highest BCUT2D eigenvalue weighted by molar-refractivity contribution is 7.92. The van der Waals surface area contributed by atoms with Crippen LogP contribution >= 0.6 is 0 Å². The van der Waals surface area contributed by atoms with Crippen LogP contribution in [-0.2, 0) is 21.9 Å². The summed E-state index contributed by atoms with van der Waals surface area (Å²) < 4.78 is 45.9. The number of nitrogens with zero attached hydrogens (tertiary/aromatic N) is 3. The van der Waals surface area contributed by atoms with E-state index >= 15 is 0 Å². The Morgan fingerprint density at radius 2 is 2.23 bits per heavy atom. The molecule has 0 bridgehead atoms. The van der Waals surface area contributed by atoms with Gasteiger partial charge in [0.15, 0.2) is 24.0 Å². The largest absolute Gasteiger partial charge is 0.479 e. The molecule has 0 fully saturated rings. The Morgan fingerprint density at radius 3 is 2.77 bits per heavy atom. The van der Waals surface area contributed by atoms with Crippen molar-refractivity contribution in [3.8, 4) is 5.75 Å². The third kappa shape index (κ3) is 3.69. The summed E-state index contributed by atoms with van der Waals surface area (Å²) in [6.45, 7) is -0.735. The molecule has 0 atom stereocenters. The highest BCUT2D eigenvalue weighted by atomic mass is 32.2. The summed E-state index contributed by atoms with van der Waals surface area (Å²) in [6, 6.07) is 2.83. The number of rotatable bonds is 6. The first-order valence-electron chi connectivity index (χ1n) is 5.81. The lowest BCUT2D eigenvalue weighted by atomic mass is 10.3. The van der Waals surface area contributed by atoms with E-state index in [1.807, 2.05) is 0 Å². The molecule has 9 nitrogen and oxygen atoms in total. The molecule has 1 aromatic carbocycles. The Hall–Kier alpha value is -2.69. The van der Waals surface area contributed by atoms with Crippen LogP contribution in [0, 0.1) is 5.82 Å². The maximum atomic E-state index is 13.7. The normalized spacial score (nSPS) is 11.2. The zero-order valence-corrected chi connectivity index (χ0v) is 12.0. The minimum absolute atomic E-state index is 0.0193. The van der Waals surface area contributed by atoms with Gasteiger partial charge in [0.05, 0.1) is 11.1 Å². The van der Waals surface area contributed by atoms with Gasteiger partial charge >= 0.3 is 5.97 Å². The molecule has 0 unspecified atom stereocenters. The Morgan fingerprint density at radius 1 is 1.50 bits per heavy atom. The summed E-state index contributed by atoms with van der Waals surface area (Å²) in [5.41, 5.74) is 0. The number of carboxylic acid groups (broad SMARTS) is 1. The van der Waals surface area contributed by atoms with E-state index in [9.17, 15) is 17.6 Å². The van der Waals surface area contributed by atoms with Gasteiger partial charge in [-0.3, -0.25) is 9.40 Å². The number of sulfonamides is 1. The van der Waals surface area contributed by atoms with Crippen LogP contribution in [0.15, 0.2) is 29.3 Å². The number of carbonyl (C=O) groups is 1. The average molecular weight is 330 g/mol. The molecular formula is C11H11FN4O5S. The van der Waals surface area contributed by atoms with Crippen LogP contribution in [0.1, 0.15) is 0 Å². The van der Waals surface area contributed by atoms with Crippen molar-refractivity contribution in [2.24, 2.45) is 7.05 Å². The fourth-order valence-electron chi connectivity index (χ4n) is 1.50. The number of aryl methyl sites for hydroxylation is 1. The van der Waals surface area contributed by atoms with Crippen LogP contribution in [0.3, 0.4) is 0 Å². The van der Waals surface area contributed by atoms with Crippen molar-refractivity contribution in [1.82, 2.24) is 15.0 Å². The Balaban J connectivity index is 2.21. The number of halogens is 1. The molecule has 2 aromatic rings. The molecule has 0 aliphatic rings. The summed E-state index contributed by atoms with van der Waals surface area (Å²) in [4.78, 5) is 9.98. The molecule has 118 valence electrons. The predicted molar refractivity (Wildman–Crippen MR) is 71.3 cm³/mol. The van der Waals surface area contributed by atoms with Crippen LogP contribution < -0.4 is 9.46 Å². The summed E-state index contributed by atoms with van der Waals surface area (Å²) in [5.74, 6) is -2.65. The molecule has 0 saturated heterocycles. The van der Waals surface area contributed by atoms with Crippen molar-refractivity contribution in [1.29, 1.82) is 0 Å². The SMILES string of the molecule is Cn1cc(NS(=O)(=O)c2ccc(OCC(=O)O)c(F)c2)nn1. The lowest BCUT2D eigenvalue weighted by molar-refractivity contribution is -0.139. The van der Waals surface area contributed by atoms with Crippen molar-refractivity contribution >= 4 is 21.8 Å². The monoisotopic (exact) mass is 330 g/mol. The van der Waals surface area contributed by atoms with Crippen LogP contribution in [0.5, 0.6) is 5.75 Å². The van der Waals surface area contributed by atoms with Crippen molar-refractivity contribution in [2.75, 3.05) is 11.3 Å². The van der Waals surface area contributed by atoms with E-state index in [0.29, 0.717) is 0 Å². The lowest BCUT2D eigenvalue weighted by Gasteiger charge is -2.08. The third-order valence-corrected chi connectivity index (χ3v) is 3.76. The van der Waals surface area contributed by atoms with E-state index < -0.39 is 28.4 Å². The third-order valence-electron chi connectivity index (χ3n) is 2.41. The van der Waals surface area contributed by atoms with Gasteiger partial charge in [-0.1, -0.05) is 5.21 Å². The molecule has 1 heterocycles. The van der Waals surface area contributed by atoms with Crippen molar-refractivity contribution in [2.45, 2.75) is 4.90 Å². The zero-order valence-electron chi connectivity index (χ0n) is 11.2. The highest BCUT2D eigenvalue weighted by Crippen LogP contribution is 2.22. The van der Waals surface area contributed by atoms with Gasteiger partial charge in [0, 0.05) is 7.05 Å². The second-order valence-electron chi connectivity index (χ2n) is 4.16. The Bertz CT molecular complexity index is 805. The fourth-order valence-corrected chi connectivity index (χ4v) is 2.49. The molecule has 11 heteroatoms. The number of nitrogens with one attached hydrogen (secondary N) is 1. The molecule has 2 N–H and O–H groups in total. The fraction of sp³-hybridized carbons (Fsp3) is 0.182. The van der Waals surface area contributed by atoms with Gasteiger partial charge in [-0.25, -0.2) is 17.6 Å². The van der Waals surface area contributed by atoms with Crippen molar-refractivity contribution < 1.29 is 27.4 Å². The van der Waals surface area contributed by atoms with Crippen LogP contribution in [-0.4, -0.2) is 41.1 Å². The number of anilines is 1.